The largest absolute Gasteiger partial charge is 0.0584 e. The van der Waals surface area contributed by atoms with Gasteiger partial charge >= 0.3 is 0 Å². The fourth-order valence-corrected chi connectivity index (χ4v) is 1.24. The van der Waals surface area contributed by atoms with Crippen LogP contribution in [0.15, 0.2) is 24.3 Å². The summed E-state index contributed by atoms with van der Waals surface area (Å²) in [6.07, 6.45) is 0. The van der Waals surface area contributed by atoms with Gasteiger partial charge in [0, 0.05) is 12.7 Å². The van der Waals surface area contributed by atoms with Gasteiger partial charge in [-0.05, 0) is 19.1 Å². The third kappa shape index (κ3) is 1.85. The minimum Gasteiger partial charge on any atom is -0.0584 e. The third-order valence-corrected chi connectivity index (χ3v) is 2.28. The SMILES string of the molecule is Cc1ccc(P=S)cc1. The molecule has 9 heavy (non-hydrogen) atoms. The standard InChI is InChI=1S/C7H7PS/c1-6-2-4-7(8-9)5-3-6/h2-5H,1H3. The van der Waals surface area contributed by atoms with E-state index in [9.17, 15) is 0 Å². The Hall–Kier alpha value is -0.260. The van der Waals surface area contributed by atoms with Gasteiger partial charge in [-0.25, -0.2) is 0 Å². The van der Waals surface area contributed by atoms with Crippen LogP contribution in [0.5, 0.6) is 0 Å². The van der Waals surface area contributed by atoms with Crippen molar-refractivity contribution in [1.29, 1.82) is 0 Å². The number of rotatable bonds is 1. The molecule has 0 unspecified atom stereocenters. The quantitative estimate of drug-likeness (QED) is 0.558. The summed E-state index contributed by atoms with van der Waals surface area (Å²) in [5, 5.41) is 1.20. The molecule has 1 aromatic rings. The Bertz CT molecular complexity index is 203. The van der Waals surface area contributed by atoms with E-state index in [2.05, 4.69) is 31.2 Å². The second-order valence-electron chi connectivity index (χ2n) is 1.93. The predicted molar refractivity (Wildman–Crippen MR) is 45.1 cm³/mol. The summed E-state index contributed by atoms with van der Waals surface area (Å²) in [4.78, 5) is 0. The Morgan fingerprint density at radius 2 is 1.78 bits per heavy atom. The van der Waals surface area contributed by atoms with Crippen LogP contribution in [0.4, 0.5) is 0 Å². The smallest absolute Gasteiger partial charge is 0.0127 e. The van der Waals surface area contributed by atoms with Crippen LogP contribution in [0, 0.1) is 6.92 Å². The summed E-state index contributed by atoms with van der Waals surface area (Å²) in [5.41, 5.74) is 1.29. The molecule has 0 aliphatic rings. The van der Waals surface area contributed by atoms with Crippen LogP contribution >= 0.6 is 7.36 Å². The maximum Gasteiger partial charge on any atom is 0.0127 e. The molecule has 46 valence electrons. The normalized spacial score (nSPS) is 9.89. The van der Waals surface area contributed by atoms with Crippen molar-refractivity contribution in [3.8, 4) is 0 Å². The van der Waals surface area contributed by atoms with Crippen molar-refractivity contribution >= 4 is 24.5 Å². The zero-order valence-corrected chi connectivity index (χ0v) is 6.88. The van der Waals surface area contributed by atoms with E-state index in [1.165, 1.54) is 10.9 Å². The Kier molecular flexibility index (Phi) is 2.32. The van der Waals surface area contributed by atoms with Crippen LogP contribution in [-0.2, 0) is 11.8 Å². The van der Waals surface area contributed by atoms with Gasteiger partial charge in [-0.3, -0.25) is 0 Å². The lowest BCUT2D eigenvalue weighted by Gasteiger charge is -1.89. The highest BCUT2D eigenvalue weighted by molar-refractivity contribution is 7.99. The van der Waals surface area contributed by atoms with Crippen LogP contribution in [0.1, 0.15) is 5.56 Å². The minimum atomic E-state index is 0.935. The van der Waals surface area contributed by atoms with Gasteiger partial charge in [-0.2, -0.15) is 0 Å². The number of hydrogen-bond acceptors (Lipinski definition) is 1. The second kappa shape index (κ2) is 3.05. The molecule has 1 rings (SSSR count). The van der Waals surface area contributed by atoms with E-state index < -0.39 is 0 Å². The van der Waals surface area contributed by atoms with Crippen LogP contribution in [0.3, 0.4) is 0 Å². The van der Waals surface area contributed by atoms with Crippen molar-refractivity contribution in [1.82, 2.24) is 0 Å². The van der Waals surface area contributed by atoms with Crippen LogP contribution < -0.4 is 5.30 Å². The lowest BCUT2D eigenvalue weighted by Crippen LogP contribution is -1.87. The summed E-state index contributed by atoms with van der Waals surface area (Å²) >= 11 is 4.83. The second-order valence-corrected chi connectivity index (χ2v) is 3.17. The number of benzene rings is 1. The van der Waals surface area contributed by atoms with Crippen LogP contribution in [0.25, 0.3) is 0 Å². The lowest BCUT2D eigenvalue weighted by atomic mass is 10.2. The van der Waals surface area contributed by atoms with E-state index in [4.69, 9.17) is 11.8 Å². The molecule has 0 bridgehead atoms. The minimum absolute atomic E-state index is 0.935. The summed E-state index contributed by atoms with van der Waals surface area (Å²) in [6.45, 7) is 2.07. The molecule has 0 saturated carbocycles. The molecular weight excluding hydrogens is 147 g/mol. The van der Waals surface area contributed by atoms with Crippen LogP contribution in [-0.4, -0.2) is 0 Å². The molecule has 2 heteroatoms. The molecule has 0 fully saturated rings. The zero-order valence-electron chi connectivity index (χ0n) is 5.16. The van der Waals surface area contributed by atoms with Crippen molar-refractivity contribution in [2.24, 2.45) is 0 Å². The highest BCUT2D eigenvalue weighted by atomic mass is 32.4. The van der Waals surface area contributed by atoms with Gasteiger partial charge < -0.3 is 0 Å². The summed E-state index contributed by atoms with van der Waals surface area (Å²) in [5.74, 6) is 0. The van der Waals surface area contributed by atoms with Crippen molar-refractivity contribution in [3.05, 3.63) is 29.8 Å². The predicted octanol–water partition coefficient (Wildman–Crippen LogP) is 2.03. The first-order chi connectivity index (χ1) is 4.33. The molecule has 0 radical (unpaired) electrons. The van der Waals surface area contributed by atoms with Crippen molar-refractivity contribution < 1.29 is 0 Å². The molecule has 0 atom stereocenters. The van der Waals surface area contributed by atoms with Gasteiger partial charge in [-0.1, -0.05) is 29.5 Å². The summed E-state index contributed by atoms with van der Waals surface area (Å²) in [6, 6.07) is 8.27. The number of aryl methyl sites for hydroxylation is 1. The Morgan fingerprint density at radius 1 is 1.22 bits per heavy atom. The average molecular weight is 154 g/mol. The van der Waals surface area contributed by atoms with Crippen molar-refractivity contribution in [3.63, 3.8) is 0 Å². The third-order valence-electron chi connectivity index (χ3n) is 1.14. The molecule has 0 nitrogen and oxygen atoms in total. The first-order valence-electron chi connectivity index (χ1n) is 2.73. The molecule has 0 heterocycles. The van der Waals surface area contributed by atoms with E-state index in [0.29, 0.717) is 0 Å². The first kappa shape index (κ1) is 6.85. The molecule has 0 N–H and O–H groups in total. The van der Waals surface area contributed by atoms with Gasteiger partial charge in [-0.15, -0.1) is 0 Å². The van der Waals surface area contributed by atoms with E-state index in [-0.39, 0.29) is 0 Å². The molecule has 0 aliphatic carbocycles. The van der Waals surface area contributed by atoms with Gasteiger partial charge in [0.05, 0.1) is 0 Å². The lowest BCUT2D eigenvalue weighted by molar-refractivity contribution is 1.49. The highest BCUT2D eigenvalue weighted by Crippen LogP contribution is 1.98. The molecule has 0 spiro atoms. The Morgan fingerprint density at radius 3 is 2.22 bits per heavy atom. The first-order valence-corrected chi connectivity index (χ1v) is 4.64. The molecule has 0 amide bonds. The molecule has 0 saturated heterocycles. The zero-order chi connectivity index (χ0) is 6.69. The molecule has 0 aliphatic heterocycles. The number of hydrogen-bond donors (Lipinski definition) is 0. The Balaban J connectivity index is 3.01. The maximum absolute atomic E-state index is 4.83. The average Bonchev–Trinajstić information content (AvgIpc) is 1.90. The summed E-state index contributed by atoms with van der Waals surface area (Å²) in [7, 11) is 0.935. The van der Waals surface area contributed by atoms with Gasteiger partial charge in [0.25, 0.3) is 0 Å². The van der Waals surface area contributed by atoms with E-state index in [0.717, 1.165) is 7.36 Å². The summed E-state index contributed by atoms with van der Waals surface area (Å²) < 4.78 is 0. The van der Waals surface area contributed by atoms with Gasteiger partial charge in [0.15, 0.2) is 0 Å². The Labute approximate surface area is 61.7 Å². The van der Waals surface area contributed by atoms with Gasteiger partial charge in [0.2, 0.25) is 0 Å². The molecule has 0 aromatic heterocycles. The highest BCUT2D eigenvalue weighted by Gasteiger charge is 1.83. The molecular formula is C7H7PS. The van der Waals surface area contributed by atoms with Crippen molar-refractivity contribution in [2.45, 2.75) is 6.92 Å². The van der Waals surface area contributed by atoms with E-state index in [1.807, 2.05) is 0 Å². The van der Waals surface area contributed by atoms with E-state index in [1.54, 1.807) is 0 Å². The monoisotopic (exact) mass is 154 g/mol. The fourth-order valence-electron chi connectivity index (χ4n) is 0.606. The maximum atomic E-state index is 4.83. The fraction of sp³-hybridized carbons (Fsp3) is 0.143. The van der Waals surface area contributed by atoms with Crippen LogP contribution in [0.2, 0.25) is 0 Å². The topological polar surface area (TPSA) is 0 Å². The van der Waals surface area contributed by atoms with Crippen molar-refractivity contribution in [2.75, 3.05) is 0 Å². The molecule has 1 aromatic carbocycles. The van der Waals surface area contributed by atoms with E-state index >= 15 is 0 Å². The van der Waals surface area contributed by atoms with Gasteiger partial charge in [0.1, 0.15) is 0 Å².